The van der Waals surface area contributed by atoms with Gasteiger partial charge in [-0.2, -0.15) is 0 Å². The van der Waals surface area contributed by atoms with E-state index in [1.165, 1.54) is 10.5 Å². The molecule has 1 fully saturated rings. The molecule has 2 aromatic carbocycles. The number of benzene rings is 2. The molecule has 2 atom stereocenters. The number of nitrogens with one attached hydrogen (secondary N) is 2. The van der Waals surface area contributed by atoms with Crippen LogP contribution in [0.15, 0.2) is 60.7 Å². The zero-order valence-electron chi connectivity index (χ0n) is 14.7. The standard InChI is InChI=1S/C20H24N4O2/c21-22-19(25)20(26)24-12-11-23(14-17-9-5-2-6-10-17)15-18(24)13-16-7-3-1-4-8-16/h1-10,18H,11-15,21H2,(H,22,25)/p+1/t18-/m1/s1. The van der Waals surface area contributed by atoms with Crippen LogP contribution in [0.3, 0.4) is 0 Å². The number of piperazine rings is 1. The van der Waals surface area contributed by atoms with E-state index < -0.39 is 11.8 Å². The molecule has 0 saturated carbocycles. The fourth-order valence-electron chi connectivity index (χ4n) is 3.58. The Bertz CT molecular complexity index is 736. The Morgan fingerprint density at radius 3 is 2.27 bits per heavy atom. The summed E-state index contributed by atoms with van der Waals surface area (Å²) < 4.78 is 0. The van der Waals surface area contributed by atoms with E-state index in [1.54, 1.807) is 4.90 Å². The van der Waals surface area contributed by atoms with E-state index in [1.807, 2.05) is 41.8 Å². The van der Waals surface area contributed by atoms with Gasteiger partial charge in [0.05, 0.1) is 25.7 Å². The van der Waals surface area contributed by atoms with E-state index in [2.05, 4.69) is 24.3 Å². The van der Waals surface area contributed by atoms with Crippen LogP contribution in [-0.2, 0) is 22.6 Å². The average Bonchev–Trinajstić information content (AvgIpc) is 2.69. The lowest BCUT2D eigenvalue weighted by molar-refractivity contribution is -0.920. The predicted octanol–water partition coefficient (Wildman–Crippen LogP) is -0.485. The van der Waals surface area contributed by atoms with E-state index in [-0.39, 0.29) is 6.04 Å². The first-order valence-corrected chi connectivity index (χ1v) is 8.90. The minimum atomic E-state index is -0.755. The number of carbonyl (C=O) groups excluding carboxylic acids is 2. The molecular formula is C20H25N4O2+. The van der Waals surface area contributed by atoms with Gasteiger partial charge >= 0.3 is 11.8 Å². The first kappa shape index (κ1) is 18.1. The van der Waals surface area contributed by atoms with Gasteiger partial charge in [0, 0.05) is 5.56 Å². The summed E-state index contributed by atoms with van der Waals surface area (Å²) in [5.74, 6) is 3.85. The van der Waals surface area contributed by atoms with Crippen molar-refractivity contribution < 1.29 is 14.5 Å². The molecule has 1 aliphatic heterocycles. The first-order valence-electron chi connectivity index (χ1n) is 8.90. The van der Waals surface area contributed by atoms with Crippen molar-refractivity contribution in [3.05, 3.63) is 71.8 Å². The topological polar surface area (TPSA) is 79.9 Å². The molecule has 0 bridgehead atoms. The SMILES string of the molecule is NNC(=O)C(=O)N1CC[NH+](Cc2ccccc2)C[C@H]1Cc1ccccc1. The molecular weight excluding hydrogens is 328 g/mol. The van der Waals surface area contributed by atoms with Gasteiger partial charge in [-0.05, 0) is 12.0 Å². The molecule has 6 nitrogen and oxygen atoms in total. The maximum atomic E-state index is 12.4. The molecule has 136 valence electrons. The lowest BCUT2D eigenvalue weighted by Gasteiger charge is -2.38. The van der Waals surface area contributed by atoms with E-state index in [0.717, 1.165) is 31.6 Å². The van der Waals surface area contributed by atoms with E-state index in [4.69, 9.17) is 5.84 Å². The van der Waals surface area contributed by atoms with Crippen molar-refractivity contribution in [1.82, 2.24) is 10.3 Å². The zero-order chi connectivity index (χ0) is 18.4. The second kappa shape index (κ2) is 8.60. The summed E-state index contributed by atoms with van der Waals surface area (Å²) in [6, 6.07) is 20.4. The van der Waals surface area contributed by atoms with Crippen molar-refractivity contribution in [2.75, 3.05) is 19.6 Å². The Morgan fingerprint density at radius 2 is 1.65 bits per heavy atom. The number of rotatable bonds is 4. The van der Waals surface area contributed by atoms with Crippen molar-refractivity contribution in [2.24, 2.45) is 5.84 Å². The number of nitrogens with zero attached hydrogens (tertiary/aromatic N) is 1. The van der Waals surface area contributed by atoms with E-state index in [0.29, 0.717) is 6.54 Å². The third-order valence-electron chi connectivity index (χ3n) is 4.87. The van der Waals surface area contributed by atoms with Crippen LogP contribution in [0.2, 0.25) is 0 Å². The average molecular weight is 353 g/mol. The van der Waals surface area contributed by atoms with Crippen molar-refractivity contribution >= 4 is 11.8 Å². The van der Waals surface area contributed by atoms with Crippen LogP contribution < -0.4 is 16.2 Å². The molecule has 1 aliphatic rings. The van der Waals surface area contributed by atoms with Gasteiger partial charge in [0.15, 0.2) is 0 Å². The molecule has 6 heteroatoms. The van der Waals surface area contributed by atoms with Crippen LogP contribution in [0.1, 0.15) is 11.1 Å². The largest absolute Gasteiger partial charge is 0.328 e. The van der Waals surface area contributed by atoms with Crippen LogP contribution in [0, 0.1) is 0 Å². The predicted molar refractivity (Wildman–Crippen MR) is 98.8 cm³/mol. The van der Waals surface area contributed by atoms with Gasteiger partial charge in [0.2, 0.25) is 0 Å². The highest BCUT2D eigenvalue weighted by Crippen LogP contribution is 2.11. The number of hydrogen-bond donors (Lipinski definition) is 3. The highest BCUT2D eigenvalue weighted by molar-refractivity contribution is 6.34. The second-order valence-electron chi connectivity index (χ2n) is 6.68. The van der Waals surface area contributed by atoms with Gasteiger partial charge in [0.25, 0.3) is 0 Å². The maximum Gasteiger partial charge on any atom is 0.323 e. The van der Waals surface area contributed by atoms with Crippen LogP contribution in [0.4, 0.5) is 0 Å². The number of hydrazine groups is 1. The molecule has 4 N–H and O–H groups in total. The van der Waals surface area contributed by atoms with Crippen molar-refractivity contribution in [3.8, 4) is 0 Å². The highest BCUT2D eigenvalue weighted by Gasteiger charge is 2.35. The van der Waals surface area contributed by atoms with Gasteiger partial charge in [-0.25, -0.2) is 5.84 Å². The van der Waals surface area contributed by atoms with Crippen LogP contribution in [0.5, 0.6) is 0 Å². The third-order valence-corrected chi connectivity index (χ3v) is 4.87. The Kier molecular flexibility index (Phi) is 5.99. The van der Waals surface area contributed by atoms with Crippen LogP contribution >= 0.6 is 0 Å². The molecule has 1 saturated heterocycles. The van der Waals surface area contributed by atoms with Crippen molar-refractivity contribution in [2.45, 2.75) is 19.0 Å². The Morgan fingerprint density at radius 1 is 1.04 bits per heavy atom. The number of carbonyl (C=O) groups is 2. The summed E-state index contributed by atoms with van der Waals surface area (Å²) >= 11 is 0. The fourth-order valence-corrected chi connectivity index (χ4v) is 3.58. The smallest absolute Gasteiger partial charge is 0.323 e. The minimum Gasteiger partial charge on any atom is -0.328 e. The Hall–Kier alpha value is -2.70. The molecule has 0 radical (unpaired) electrons. The van der Waals surface area contributed by atoms with Gasteiger partial charge in [0.1, 0.15) is 6.54 Å². The molecule has 1 heterocycles. The summed E-state index contributed by atoms with van der Waals surface area (Å²) in [4.78, 5) is 27.2. The maximum absolute atomic E-state index is 12.4. The van der Waals surface area contributed by atoms with Gasteiger partial charge in [-0.15, -0.1) is 0 Å². The normalized spacial score (nSPS) is 19.8. The highest BCUT2D eigenvalue weighted by atomic mass is 16.2. The second-order valence-corrected chi connectivity index (χ2v) is 6.68. The molecule has 2 amide bonds. The molecule has 0 spiro atoms. The quantitative estimate of drug-likeness (QED) is 0.300. The Labute approximate surface area is 153 Å². The summed E-state index contributed by atoms with van der Waals surface area (Å²) in [6.45, 7) is 3.07. The molecule has 1 unspecified atom stereocenters. The number of hydrogen-bond acceptors (Lipinski definition) is 3. The third kappa shape index (κ3) is 4.47. The summed E-state index contributed by atoms with van der Waals surface area (Å²) in [6.07, 6.45) is 0.725. The lowest BCUT2D eigenvalue weighted by Crippen LogP contribution is -3.14. The fraction of sp³-hybridized carbons (Fsp3) is 0.300. The molecule has 26 heavy (non-hydrogen) atoms. The zero-order valence-corrected chi connectivity index (χ0v) is 14.7. The van der Waals surface area contributed by atoms with Gasteiger partial charge < -0.3 is 9.80 Å². The van der Waals surface area contributed by atoms with E-state index in [9.17, 15) is 9.59 Å². The molecule has 0 aliphatic carbocycles. The van der Waals surface area contributed by atoms with Crippen molar-refractivity contribution in [3.63, 3.8) is 0 Å². The molecule has 0 aromatic heterocycles. The lowest BCUT2D eigenvalue weighted by atomic mass is 10.0. The summed E-state index contributed by atoms with van der Waals surface area (Å²) in [7, 11) is 0. The van der Waals surface area contributed by atoms with Crippen molar-refractivity contribution in [1.29, 1.82) is 0 Å². The van der Waals surface area contributed by atoms with Crippen LogP contribution in [0.25, 0.3) is 0 Å². The molecule has 2 aromatic rings. The van der Waals surface area contributed by atoms with E-state index >= 15 is 0 Å². The summed E-state index contributed by atoms with van der Waals surface area (Å²) in [5.41, 5.74) is 4.40. The Balaban J connectivity index is 1.74. The van der Waals surface area contributed by atoms with Gasteiger partial charge in [-0.3, -0.25) is 15.0 Å². The number of nitrogens with two attached hydrogens (primary N) is 1. The summed E-state index contributed by atoms with van der Waals surface area (Å²) in [5, 5.41) is 0. The first-order chi connectivity index (χ1) is 12.7. The number of quaternary nitrogens is 1. The van der Waals surface area contributed by atoms with Crippen LogP contribution in [-0.4, -0.2) is 42.4 Å². The molecule has 3 rings (SSSR count). The van der Waals surface area contributed by atoms with Gasteiger partial charge in [-0.1, -0.05) is 60.7 Å². The minimum absolute atomic E-state index is 0.0327. The number of amides is 2. The monoisotopic (exact) mass is 353 g/mol.